The number of carbonyl (C=O) groups excluding carboxylic acids is 1. The molecular formula is C13H21N3OS2. The van der Waals surface area contributed by atoms with Gasteiger partial charge in [0.2, 0.25) is 0 Å². The lowest BCUT2D eigenvalue weighted by Gasteiger charge is -2.22. The molecule has 0 radical (unpaired) electrons. The van der Waals surface area contributed by atoms with E-state index in [4.69, 9.17) is 18.0 Å². The molecule has 1 amide bonds. The Morgan fingerprint density at radius 3 is 2.74 bits per heavy atom. The molecule has 0 aliphatic heterocycles. The van der Waals surface area contributed by atoms with Crippen LogP contribution in [0.2, 0.25) is 0 Å². The molecule has 0 saturated carbocycles. The largest absolute Gasteiger partial charge is 0.375 e. The summed E-state index contributed by atoms with van der Waals surface area (Å²) in [6, 6.07) is 1.92. The van der Waals surface area contributed by atoms with E-state index in [0.717, 1.165) is 12.8 Å². The first kappa shape index (κ1) is 15.9. The van der Waals surface area contributed by atoms with Gasteiger partial charge in [0.15, 0.2) is 5.11 Å². The van der Waals surface area contributed by atoms with Gasteiger partial charge in [-0.15, -0.1) is 11.3 Å². The molecule has 0 atom stereocenters. The molecule has 6 heteroatoms. The highest BCUT2D eigenvalue weighted by Crippen LogP contribution is 2.23. The fraction of sp³-hybridized carbons (Fsp3) is 0.538. The van der Waals surface area contributed by atoms with Crippen LogP contribution in [0, 0.1) is 0 Å². The lowest BCUT2D eigenvalue weighted by molar-refractivity contribution is 0.0870. The maximum atomic E-state index is 12.1. The van der Waals surface area contributed by atoms with Gasteiger partial charge >= 0.3 is 0 Å². The summed E-state index contributed by atoms with van der Waals surface area (Å²) < 4.78 is 0. The number of amides is 1. The first-order chi connectivity index (χ1) is 8.95. The van der Waals surface area contributed by atoms with Crippen LogP contribution in [0.3, 0.4) is 0 Å². The van der Waals surface area contributed by atoms with Crippen molar-refractivity contribution in [1.29, 1.82) is 0 Å². The summed E-state index contributed by atoms with van der Waals surface area (Å²) in [5.41, 5.74) is 9.02. The van der Waals surface area contributed by atoms with Crippen LogP contribution >= 0.6 is 23.6 Å². The molecule has 1 aromatic heterocycles. The van der Waals surface area contributed by atoms with E-state index in [9.17, 15) is 4.79 Å². The summed E-state index contributed by atoms with van der Waals surface area (Å²) in [5.74, 6) is 0.269. The number of hydrogen-bond acceptors (Lipinski definition) is 3. The Labute approximate surface area is 123 Å². The molecule has 1 rings (SSSR count). The van der Waals surface area contributed by atoms with Crippen LogP contribution in [-0.4, -0.2) is 22.6 Å². The fourth-order valence-corrected chi connectivity index (χ4v) is 2.54. The number of hydrogen-bond donors (Lipinski definition) is 2. The van der Waals surface area contributed by atoms with Gasteiger partial charge < -0.3 is 5.73 Å². The van der Waals surface area contributed by atoms with Crippen molar-refractivity contribution in [3.05, 3.63) is 21.9 Å². The summed E-state index contributed by atoms with van der Waals surface area (Å²) in [4.78, 5) is 13.3. The lowest BCUT2D eigenvalue weighted by Crippen LogP contribution is -2.49. The molecule has 106 valence electrons. The van der Waals surface area contributed by atoms with Crippen LogP contribution in [0.5, 0.6) is 0 Å². The van der Waals surface area contributed by atoms with Crippen molar-refractivity contribution in [1.82, 2.24) is 10.4 Å². The van der Waals surface area contributed by atoms with Crippen molar-refractivity contribution in [3.63, 3.8) is 0 Å². The van der Waals surface area contributed by atoms with Crippen LogP contribution in [0.1, 0.15) is 54.8 Å². The zero-order valence-electron chi connectivity index (χ0n) is 11.6. The second-order valence-corrected chi connectivity index (χ2v) is 6.04. The van der Waals surface area contributed by atoms with Gasteiger partial charge in [-0.05, 0) is 30.6 Å². The van der Waals surface area contributed by atoms with Crippen LogP contribution in [0.4, 0.5) is 0 Å². The highest BCUT2D eigenvalue weighted by Gasteiger charge is 2.14. The minimum atomic E-state index is -0.160. The summed E-state index contributed by atoms with van der Waals surface area (Å²) >= 11 is 6.53. The van der Waals surface area contributed by atoms with Crippen LogP contribution in [-0.2, 0) is 0 Å². The summed E-state index contributed by atoms with van der Waals surface area (Å²) in [5, 5.41) is 3.59. The Morgan fingerprint density at radius 2 is 2.26 bits per heavy atom. The predicted octanol–water partition coefficient (Wildman–Crippen LogP) is 2.86. The Kier molecular flexibility index (Phi) is 6.24. The Hall–Kier alpha value is -1.14. The Balaban J connectivity index is 2.67. The van der Waals surface area contributed by atoms with E-state index < -0.39 is 0 Å². The van der Waals surface area contributed by atoms with E-state index in [-0.39, 0.29) is 11.0 Å². The third-order valence-electron chi connectivity index (χ3n) is 2.69. The number of unbranched alkanes of at least 4 members (excludes halogenated alkanes) is 1. The standard InChI is InChI=1S/C13H21N3OS2/c1-4-5-6-16(13(14)18)15-12(17)10-7-11(9(2)3)19-8-10/h7-9H,4-6H2,1-3H3,(H2,14,18)(H,15,17). The summed E-state index contributed by atoms with van der Waals surface area (Å²) in [6.45, 7) is 6.93. The molecule has 0 saturated heterocycles. The molecule has 0 spiro atoms. The van der Waals surface area contributed by atoms with Crippen molar-refractivity contribution >= 4 is 34.6 Å². The monoisotopic (exact) mass is 299 g/mol. The summed E-state index contributed by atoms with van der Waals surface area (Å²) in [7, 11) is 0. The first-order valence-electron chi connectivity index (χ1n) is 6.42. The van der Waals surface area contributed by atoms with Crippen molar-refractivity contribution in [3.8, 4) is 0 Å². The zero-order chi connectivity index (χ0) is 14.4. The fourth-order valence-electron chi connectivity index (χ4n) is 1.50. The molecule has 4 nitrogen and oxygen atoms in total. The Morgan fingerprint density at radius 1 is 1.58 bits per heavy atom. The molecule has 0 bridgehead atoms. The van der Waals surface area contributed by atoms with Gasteiger partial charge in [-0.25, -0.2) is 0 Å². The quantitative estimate of drug-likeness (QED) is 0.648. The number of carbonyl (C=O) groups is 1. The van der Waals surface area contributed by atoms with Gasteiger partial charge in [0.25, 0.3) is 5.91 Å². The topological polar surface area (TPSA) is 58.4 Å². The number of thiocarbonyl (C=S) groups is 1. The first-order valence-corrected chi connectivity index (χ1v) is 7.70. The van der Waals surface area contributed by atoms with E-state index >= 15 is 0 Å². The molecular weight excluding hydrogens is 278 g/mol. The van der Waals surface area contributed by atoms with Crippen molar-refractivity contribution in [2.45, 2.75) is 39.5 Å². The third-order valence-corrected chi connectivity index (χ3v) is 4.14. The average molecular weight is 299 g/mol. The molecule has 1 aromatic rings. The number of nitrogens with one attached hydrogen (secondary N) is 1. The van der Waals surface area contributed by atoms with E-state index in [1.54, 1.807) is 11.3 Å². The van der Waals surface area contributed by atoms with E-state index in [1.807, 2.05) is 11.4 Å². The maximum absolute atomic E-state index is 12.1. The lowest BCUT2D eigenvalue weighted by atomic mass is 10.1. The van der Waals surface area contributed by atoms with Gasteiger partial charge in [-0.2, -0.15) is 0 Å². The third kappa shape index (κ3) is 4.80. The SMILES string of the molecule is CCCCN(NC(=O)c1csc(C(C)C)c1)C(N)=S. The molecule has 1 heterocycles. The summed E-state index contributed by atoms with van der Waals surface area (Å²) in [6.07, 6.45) is 1.95. The zero-order valence-corrected chi connectivity index (χ0v) is 13.2. The number of rotatable bonds is 5. The van der Waals surface area contributed by atoms with Crippen molar-refractivity contribution in [2.24, 2.45) is 5.73 Å². The molecule has 0 aromatic carbocycles. The molecule has 0 aliphatic rings. The average Bonchev–Trinajstić information content (AvgIpc) is 2.83. The van der Waals surface area contributed by atoms with E-state index in [1.165, 1.54) is 9.89 Å². The highest BCUT2D eigenvalue weighted by molar-refractivity contribution is 7.80. The smallest absolute Gasteiger partial charge is 0.270 e. The second kappa shape index (κ2) is 7.45. The minimum absolute atomic E-state index is 0.160. The number of thiophene rings is 1. The molecule has 0 fully saturated rings. The minimum Gasteiger partial charge on any atom is -0.375 e. The highest BCUT2D eigenvalue weighted by atomic mass is 32.1. The van der Waals surface area contributed by atoms with Crippen LogP contribution < -0.4 is 11.2 Å². The van der Waals surface area contributed by atoms with Crippen LogP contribution in [0.25, 0.3) is 0 Å². The van der Waals surface area contributed by atoms with Gasteiger partial charge in [-0.3, -0.25) is 15.2 Å². The van der Waals surface area contributed by atoms with Gasteiger partial charge in [0.05, 0.1) is 5.56 Å². The normalized spacial score (nSPS) is 10.5. The van der Waals surface area contributed by atoms with Gasteiger partial charge in [0.1, 0.15) is 0 Å². The molecule has 19 heavy (non-hydrogen) atoms. The second-order valence-electron chi connectivity index (χ2n) is 4.68. The number of hydrazine groups is 1. The van der Waals surface area contributed by atoms with Crippen molar-refractivity contribution < 1.29 is 4.79 Å². The van der Waals surface area contributed by atoms with Gasteiger partial charge in [0, 0.05) is 16.8 Å². The Bertz CT molecular complexity index is 443. The maximum Gasteiger partial charge on any atom is 0.270 e. The number of nitrogens with two attached hydrogens (primary N) is 1. The van der Waals surface area contributed by atoms with E-state index in [2.05, 4.69) is 26.2 Å². The molecule has 0 aliphatic carbocycles. The van der Waals surface area contributed by atoms with Crippen LogP contribution in [0.15, 0.2) is 11.4 Å². The van der Waals surface area contributed by atoms with Crippen molar-refractivity contribution in [2.75, 3.05) is 6.54 Å². The molecule has 0 unspecified atom stereocenters. The predicted molar refractivity (Wildman–Crippen MR) is 84.3 cm³/mol. The van der Waals surface area contributed by atoms with E-state index in [0.29, 0.717) is 18.0 Å². The molecule has 3 N–H and O–H groups in total. The van der Waals surface area contributed by atoms with Gasteiger partial charge in [-0.1, -0.05) is 27.2 Å². The number of nitrogens with zero attached hydrogens (tertiary/aromatic N) is 1.